The van der Waals surface area contributed by atoms with E-state index in [4.69, 9.17) is 42.6 Å². The SMILES string of the molecule is COc1cc([C@@H]2c3cc4c(cc3[C@@H](O[C@H]3O[C@H]5CO[C@H](C)O[C@H]5[C@H](O)[C@H]3O)[C@H]3COC(=O)[C@@H]23)OCO4)cc(OC)c1O. The van der Waals surface area contributed by atoms with Crippen LogP contribution in [0.15, 0.2) is 24.3 Å². The first-order chi connectivity index (χ1) is 20.3. The van der Waals surface area contributed by atoms with Crippen molar-refractivity contribution in [3.63, 3.8) is 0 Å². The molecule has 0 bridgehead atoms. The Morgan fingerprint density at radius 1 is 0.881 bits per heavy atom. The van der Waals surface area contributed by atoms with Crippen molar-refractivity contribution in [3.8, 4) is 28.7 Å². The van der Waals surface area contributed by atoms with Crippen molar-refractivity contribution in [3.05, 3.63) is 41.0 Å². The molecule has 5 aliphatic rings. The lowest BCUT2D eigenvalue weighted by Crippen LogP contribution is -2.63. The van der Waals surface area contributed by atoms with Gasteiger partial charge < -0.3 is 58.0 Å². The van der Waals surface area contributed by atoms with Crippen molar-refractivity contribution in [2.45, 2.75) is 55.9 Å². The number of esters is 1. The number of aliphatic hydroxyl groups excluding tert-OH is 2. The van der Waals surface area contributed by atoms with Crippen LogP contribution in [0.3, 0.4) is 0 Å². The van der Waals surface area contributed by atoms with E-state index in [0.29, 0.717) is 28.2 Å². The van der Waals surface area contributed by atoms with Crippen LogP contribution in [0, 0.1) is 11.8 Å². The Morgan fingerprint density at radius 3 is 2.26 bits per heavy atom. The van der Waals surface area contributed by atoms with Gasteiger partial charge in [-0.3, -0.25) is 4.79 Å². The van der Waals surface area contributed by atoms with Gasteiger partial charge in [-0.2, -0.15) is 0 Å². The lowest BCUT2D eigenvalue weighted by Gasteiger charge is -2.47. The minimum Gasteiger partial charge on any atom is -0.502 e. The van der Waals surface area contributed by atoms with Gasteiger partial charge in [0.25, 0.3) is 0 Å². The summed E-state index contributed by atoms with van der Waals surface area (Å²) in [7, 11) is 2.86. The smallest absolute Gasteiger partial charge is 0.310 e. The average molecular weight is 589 g/mol. The molecule has 0 aromatic heterocycles. The molecule has 42 heavy (non-hydrogen) atoms. The van der Waals surface area contributed by atoms with Crippen molar-refractivity contribution in [1.82, 2.24) is 0 Å². The first kappa shape index (κ1) is 27.5. The molecule has 2 aromatic rings. The molecule has 0 radical (unpaired) electrons. The van der Waals surface area contributed by atoms with Gasteiger partial charge in [0.2, 0.25) is 12.5 Å². The van der Waals surface area contributed by atoms with E-state index in [1.807, 2.05) is 0 Å². The van der Waals surface area contributed by atoms with Crippen LogP contribution in [0.2, 0.25) is 0 Å². The van der Waals surface area contributed by atoms with Gasteiger partial charge in [0.05, 0.1) is 39.5 Å². The first-order valence-corrected chi connectivity index (χ1v) is 13.8. The molecular weight excluding hydrogens is 556 g/mol. The van der Waals surface area contributed by atoms with Crippen LogP contribution in [0.4, 0.5) is 0 Å². The van der Waals surface area contributed by atoms with Gasteiger partial charge in [0, 0.05) is 11.8 Å². The van der Waals surface area contributed by atoms with Gasteiger partial charge in [-0.05, 0) is 47.9 Å². The van der Waals surface area contributed by atoms with E-state index in [-0.39, 0.29) is 37.3 Å². The second-order valence-electron chi connectivity index (χ2n) is 11.0. The standard InChI is InChI=1S/C29H32O13/c1-11-36-9-20-27(40-11)24(31)25(32)29(41-20)42-26-14-7-17-16(38-10-39-17)6-13(14)21(22-15(26)8-37-28(22)33)12-4-18(34-2)23(30)19(5-12)35-3/h4-7,11,15,20-22,24-27,29-32H,8-10H2,1-3H3/t11-,15-,20-,21+,22+,24+,25+,26+,27+,29+/m0/s1. The lowest BCUT2D eigenvalue weighted by molar-refractivity contribution is -0.364. The number of hydrogen-bond acceptors (Lipinski definition) is 13. The van der Waals surface area contributed by atoms with Crippen molar-refractivity contribution >= 4 is 5.97 Å². The Hall–Kier alpha value is -3.33. The summed E-state index contributed by atoms with van der Waals surface area (Å²) in [6, 6.07) is 6.93. The van der Waals surface area contributed by atoms with Crippen molar-refractivity contribution < 1.29 is 62.7 Å². The van der Waals surface area contributed by atoms with Gasteiger partial charge in [-0.15, -0.1) is 0 Å². The summed E-state index contributed by atoms with van der Waals surface area (Å²) in [5, 5.41) is 32.5. The molecule has 0 unspecified atom stereocenters. The molecule has 0 saturated carbocycles. The van der Waals surface area contributed by atoms with E-state index in [2.05, 4.69) is 0 Å². The molecule has 0 amide bonds. The largest absolute Gasteiger partial charge is 0.502 e. The van der Waals surface area contributed by atoms with Crippen molar-refractivity contribution in [1.29, 1.82) is 0 Å². The topological polar surface area (TPSA) is 161 Å². The fourth-order valence-electron chi connectivity index (χ4n) is 6.74. The number of phenolic OH excluding ortho intramolecular Hbond substituents is 1. The van der Waals surface area contributed by atoms with E-state index in [9.17, 15) is 20.1 Å². The Bertz CT molecular complexity index is 1350. The highest BCUT2D eigenvalue weighted by molar-refractivity contribution is 5.79. The number of ether oxygens (including phenoxy) is 9. The number of aliphatic hydroxyl groups is 2. The highest BCUT2D eigenvalue weighted by Crippen LogP contribution is 2.57. The Kier molecular flexibility index (Phi) is 6.83. The number of phenols is 1. The number of carbonyl (C=O) groups excluding carboxylic acids is 1. The summed E-state index contributed by atoms with van der Waals surface area (Å²) in [5.41, 5.74) is 2.01. The Morgan fingerprint density at radius 2 is 1.57 bits per heavy atom. The molecule has 3 fully saturated rings. The molecule has 10 atom stereocenters. The molecule has 1 aliphatic carbocycles. The second kappa shape index (κ2) is 10.4. The van der Waals surface area contributed by atoms with Crippen molar-refractivity contribution in [2.24, 2.45) is 11.8 Å². The van der Waals surface area contributed by atoms with Crippen LogP contribution < -0.4 is 18.9 Å². The summed E-state index contributed by atoms with van der Waals surface area (Å²) in [4.78, 5) is 13.4. The predicted molar refractivity (Wildman–Crippen MR) is 138 cm³/mol. The highest BCUT2D eigenvalue weighted by Gasteiger charge is 2.56. The van der Waals surface area contributed by atoms with Crippen LogP contribution in [0.5, 0.6) is 28.7 Å². The number of hydrogen-bond donors (Lipinski definition) is 3. The molecule has 0 spiro atoms. The number of fused-ring (bicyclic) bond motifs is 4. The van der Waals surface area contributed by atoms with Crippen LogP contribution in [-0.2, 0) is 28.5 Å². The van der Waals surface area contributed by atoms with Gasteiger partial charge in [-0.25, -0.2) is 0 Å². The molecule has 3 saturated heterocycles. The summed E-state index contributed by atoms with van der Waals surface area (Å²) in [6.07, 6.45) is -6.80. The highest BCUT2D eigenvalue weighted by atomic mass is 16.8. The summed E-state index contributed by atoms with van der Waals surface area (Å²) >= 11 is 0. The minimum absolute atomic E-state index is 0.0301. The third kappa shape index (κ3) is 4.26. The normalized spacial score (nSPS) is 36.5. The zero-order chi connectivity index (χ0) is 29.3. The second-order valence-corrected chi connectivity index (χ2v) is 11.0. The van der Waals surface area contributed by atoms with E-state index in [0.717, 1.165) is 0 Å². The molecule has 4 heterocycles. The fraction of sp³-hybridized carbons (Fsp3) is 0.552. The minimum atomic E-state index is -1.44. The summed E-state index contributed by atoms with van der Waals surface area (Å²) < 4.78 is 51.5. The van der Waals surface area contributed by atoms with Crippen LogP contribution in [-0.4, -0.2) is 92.5 Å². The average Bonchev–Trinajstić information content (AvgIpc) is 3.61. The maximum atomic E-state index is 13.4. The maximum absolute atomic E-state index is 13.4. The predicted octanol–water partition coefficient (Wildman–Crippen LogP) is 1.34. The Balaban J connectivity index is 1.32. The third-order valence-corrected chi connectivity index (χ3v) is 8.75. The molecule has 4 aliphatic heterocycles. The maximum Gasteiger partial charge on any atom is 0.310 e. The zero-order valence-corrected chi connectivity index (χ0v) is 23.1. The summed E-state index contributed by atoms with van der Waals surface area (Å²) in [6.45, 7) is 1.93. The molecular formula is C29H32O13. The van der Waals surface area contributed by atoms with E-state index < -0.39 is 66.8 Å². The molecule has 7 rings (SSSR count). The Labute approximate surface area is 240 Å². The fourth-order valence-corrected chi connectivity index (χ4v) is 6.74. The van der Waals surface area contributed by atoms with E-state index in [1.165, 1.54) is 14.2 Å². The zero-order valence-electron chi connectivity index (χ0n) is 23.1. The third-order valence-electron chi connectivity index (χ3n) is 8.75. The molecule has 226 valence electrons. The quantitative estimate of drug-likeness (QED) is 0.430. The molecule has 13 heteroatoms. The van der Waals surface area contributed by atoms with Crippen molar-refractivity contribution in [2.75, 3.05) is 34.2 Å². The number of rotatable bonds is 5. The van der Waals surface area contributed by atoms with Crippen LogP contribution in [0.1, 0.15) is 35.6 Å². The van der Waals surface area contributed by atoms with Crippen LogP contribution in [0.25, 0.3) is 0 Å². The number of methoxy groups -OCH3 is 2. The number of carbonyl (C=O) groups is 1. The van der Waals surface area contributed by atoms with Gasteiger partial charge >= 0.3 is 5.97 Å². The van der Waals surface area contributed by atoms with E-state index >= 15 is 0 Å². The monoisotopic (exact) mass is 588 g/mol. The number of aromatic hydroxyl groups is 1. The molecule has 13 nitrogen and oxygen atoms in total. The van der Waals surface area contributed by atoms with Crippen LogP contribution >= 0.6 is 0 Å². The number of benzene rings is 2. The lowest BCUT2D eigenvalue weighted by atomic mass is 9.66. The molecule has 2 aromatic carbocycles. The van der Waals surface area contributed by atoms with E-state index in [1.54, 1.807) is 31.2 Å². The molecule has 3 N–H and O–H groups in total. The number of cyclic esters (lactones) is 1. The first-order valence-electron chi connectivity index (χ1n) is 13.8. The van der Waals surface area contributed by atoms with Gasteiger partial charge in [0.15, 0.2) is 35.6 Å². The summed E-state index contributed by atoms with van der Waals surface area (Å²) in [5.74, 6) is -1.02. The van der Waals surface area contributed by atoms with Gasteiger partial charge in [-0.1, -0.05) is 0 Å². The van der Waals surface area contributed by atoms with Gasteiger partial charge in [0.1, 0.15) is 24.4 Å².